The Kier molecular flexibility index (Phi) is 5.50. The molecule has 0 atom stereocenters. The van der Waals surface area contributed by atoms with E-state index in [9.17, 15) is 4.79 Å². The Morgan fingerprint density at radius 3 is 2.53 bits per heavy atom. The summed E-state index contributed by atoms with van der Waals surface area (Å²) in [6.07, 6.45) is 2.19. The number of aromatic nitrogens is 2. The van der Waals surface area contributed by atoms with E-state index in [-0.39, 0.29) is 12.5 Å². The average molecular weight is 266 g/mol. The number of nitrogens with one attached hydrogen (secondary N) is 1. The molecule has 0 radical (unpaired) electrons. The van der Waals surface area contributed by atoms with Gasteiger partial charge in [-0.2, -0.15) is 0 Å². The number of carbonyl (C=O) groups is 1. The van der Waals surface area contributed by atoms with E-state index in [1.165, 1.54) is 6.33 Å². The van der Waals surface area contributed by atoms with Crippen molar-refractivity contribution in [3.05, 3.63) is 11.9 Å². The normalized spacial score (nSPS) is 10.2. The van der Waals surface area contributed by atoms with Crippen LogP contribution in [0.5, 0.6) is 0 Å². The van der Waals surface area contributed by atoms with E-state index >= 15 is 0 Å². The SMILES string of the molecule is CCc1c(NN)ncnc1N(CC)CC(=O)N(C)C. The highest BCUT2D eigenvalue weighted by Gasteiger charge is 2.17. The molecule has 0 aliphatic heterocycles. The fraction of sp³-hybridized carbons (Fsp3) is 0.583. The highest BCUT2D eigenvalue weighted by molar-refractivity contribution is 5.81. The highest BCUT2D eigenvalue weighted by Crippen LogP contribution is 2.23. The lowest BCUT2D eigenvalue weighted by molar-refractivity contribution is -0.127. The third kappa shape index (κ3) is 3.54. The number of rotatable bonds is 6. The largest absolute Gasteiger partial charge is 0.347 e. The van der Waals surface area contributed by atoms with E-state index in [1.807, 2.05) is 18.7 Å². The predicted octanol–water partition coefficient (Wildman–Crippen LogP) is 0.239. The van der Waals surface area contributed by atoms with E-state index < -0.39 is 0 Å². The van der Waals surface area contributed by atoms with Gasteiger partial charge in [-0.05, 0) is 13.3 Å². The zero-order valence-corrected chi connectivity index (χ0v) is 12.0. The minimum atomic E-state index is 0.0322. The summed E-state index contributed by atoms with van der Waals surface area (Å²) in [7, 11) is 3.48. The molecule has 0 aliphatic carbocycles. The molecule has 0 aliphatic rings. The average Bonchev–Trinajstić information content (AvgIpc) is 2.43. The van der Waals surface area contributed by atoms with Gasteiger partial charge in [-0.15, -0.1) is 0 Å². The van der Waals surface area contributed by atoms with Crippen LogP contribution in [0, 0.1) is 0 Å². The van der Waals surface area contributed by atoms with E-state index in [2.05, 4.69) is 15.4 Å². The summed E-state index contributed by atoms with van der Waals surface area (Å²) in [5.41, 5.74) is 3.48. The van der Waals surface area contributed by atoms with E-state index in [1.54, 1.807) is 19.0 Å². The van der Waals surface area contributed by atoms with Crippen molar-refractivity contribution in [3.63, 3.8) is 0 Å². The maximum Gasteiger partial charge on any atom is 0.241 e. The summed E-state index contributed by atoms with van der Waals surface area (Å²) in [4.78, 5) is 23.7. The first-order valence-corrected chi connectivity index (χ1v) is 6.30. The van der Waals surface area contributed by atoms with Gasteiger partial charge in [0.05, 0.1) is 6.54 Å². The molecule has 0 saturated heterocycles. The standard InChI is InChI=1S/C12H22N6O/c1-5-9-11(16-13)14-8-15-12(9)18(6-2)7-10(19)17(3)4/h8H,5-7,13H2,1-4H3,(H,14,15,16). The summed E-state index contributed by atoms with van der Waals surface area (Å²) in [6, 6.07) is 0. The van der Waals surface area contributed by atoms with Crippen molar-refractivity contribution in [2.75, 3.05) is 37.5 Å². The minimum Gasteiger partial charge on any atom is -0.347 e. The minimum absolute atomic E-state index is 0.0322. The van der Waals surface area contributed by atoms with E-state index in [0.717, 1.165) is 17.8 Å². The van der Waals surface area contributed by atoms with Crippen LogP contribution in [0.1, 0.15) is 19.4 Å². The van der Waals surface area contributed by atoms with Gasteiger partial charge in [-0.25, -0.2) is 15.8 Å². The first-order chi connectivity index (χ1) is 9.04. The van der Waals surface area contributed by atoms with Crippen molar-refractivity contribution >= 4 is 17.5 Å². The molecular formula is C12H22N6O. The molecule has 0 fully saturated rings. The van der Waals surface area contributed by atoms with Crippen LogP contribution < -0.4 is 16.2 Å². The molecule has 0 unspecified atom stereocenters. The van der Waals surface area contributed by atoms with Crippen LogP contribution in [-0.4, -0.2) is 48.0 Å². The summed E-state index contributed by atoms with van der Waals surface area (Å²) in [6.45, 7) is 4.97. The summed E-state index contributed by atoms with van der Waals surface area (Å²) in [5.74, 6) is 6.84. The molecule has 7 heteroatoms. The van der Waals surface area contributed by atoms with Crippen molar-refractivity contribution in [2.45, 2.75) is 20.3 Å². The molecule has 1 aromatic heterocycles. The lowest BCUT2D eigenvalue weighted by atomic mass is 10.2. The van der Waals surface area contributed by atoms with Crippen LogP contribution in [0.25, 0.3) is 0 Å². The number of likely N-dealkylation sites (N-methyl/N-ethyl adjacent to an activating group) is 2. The molecule has 0 spiro atoms. The monoisotopic (exact) mass is 266 g/mol. The molecular weight excluding hydrogens is 244 g/mol. The van der Waals surface area contributed by atoms with Crippen molar-refractivity contribution in [1.29, 1.82) is 0 Å². The third-order valence-corrected chi connectivity index (χ3v) is 2.92. The maximum atomic E-state index is 11.8. The van der Waals surface area contributed by atoms with Gasteiger partial charge in [0.2, 0.25) is 5.91 Å². The number of nitrogens with zero attached hydrogens (tertiary/aromatic N) is 4. The van der Waals surface area contributed by atoms with Gasteiger partial charge in [0.1, 0.15) is 18.0 Å². The Labute approximate surface area is 113 Å². The quantitative estimate of drug-likeness (QED) is 0.566. The topological polar surface area (TPSA) is 87.4 Å². The van der Waals surface area contributed by atoms with Crippen LogP contribution in [0.3, 0.4) is 0 Å². The molecule has 106 valence electrons. The molecule has 3 N–H and O–H groups in total. The first-order valence-electron chi connectivity index (χ1n) is 6.30. The first kappa shape index (κ1) is 15.2. The van der Waals surface area contributed by atoms with Gasteiger partial charge in [0.15, 0.2) is 0 Å². The summed E-state index contributed by atoms with van der Waals surface area (Å²) in [5, 5.41) is 0. The van der Waals surface area contributed by atoms with Crippen molar-refractivity contribution < 1.29 is 4.79 Å². The Hall–Kier alpha value is -1.89. The molecule has 19 heavy (non-hydrogen) atoms. The van der Waals surface area contributed by atoms with Crippen LogP contribution in [-0.2, 0) is 11.2 Å². The molecule has 1 amide bonds. The zero-order chi connectivity index (χ0) is 14.4. The molecule has 0 aromatic carbocycles. The van der Waals surface area contributed by atoms with Gasteiger partial charge in [0, 0.05) is 26.2 Å². The Morgan fingerprint density at radius 2 is 2.05 bits per heavy atom. The second-order valence-electron chi connectivity index (χ2n) is 4.32. The van der Waals surface area contributed by atoms with E-state index in [0.29, 0.717) is 12.4 Å². The number of hydrogen-bond acceptors (Lipinski definition) is 6. The molecule has 1 rings (SSSR count). The number of nitrogen functional groups attached to an aromatic ring is 1. The summed E-state index contributed by atoms with van der Waals surface area (Å²) >= 11 is 0. The Bertz CT molecular complexity index is 434. The molecule has 7 nitrogen and oxygen atoms in total. The van der Waals surface area contributed by atoms with Crippen LogP contribution in [0.2, 0.25) is 0 Å². The lowest BCUT2D eigenvalue weighted by Crippen LogP contribution is -2.37. The lowest BCUT2D eigenvalue weighted by Gasteiger charge is -2.25. The number of nitrogens with two attached hydrogens (primary N) is 1. The van der Waals surface area contributed by atoms with Gasteiger partial charge in [-0.1, -0.05) is 6.92 Å². The second-order valence-corrected chi connectivity index (χ2v) is 4.32. The fourth-order valence-corrected chi connectivity index (χ4v) is 1.77. The smallest absolute Gasteiger partial charge is 0.241 e. The Balaban J connectivity index is 3.07. The molecule has 0 bridgehead atoms. The number of hydrogen-bond donors (Lipinski definition) is 2. The zero-order valence-electron chi connectivity index (χ0n) is 12.0. The van der Waals surface area contributed by atoms with Gasteiger partial charge < -0.3 is 15.2 Å². The molecule has 1 aromatic rings. The number of anilines is 2. The van der Waals surface area contributed by atoms with E-state index in [4.69, 9.17) is 5.84 Å². The van der Waals surface area contributed by atoms with Crippen molar-refractivity contribution in [1.82, 2.24) is 14.9 Å². The second kappa shape index (κ2) is 6.89. The van der Waals surface area contributed by atoms with Crippen LogP contribution >= 0.6 is 0 Å². The van der Waals surface area contributed by atoms with Gasteiger partial charge in [-0.3, -0.25) is 4.79 Å². The van der Waals surface area contributed by atoms with Crippen molar-refractivity contribution in [3.8, 4) is 0 Å². The Morgan fingerprint density at radius 1 is 1.37 bits per heavy atom. The number of amides is 1. The molecule has 0 saturated carbocycles. The van der Waals surface area contributed by atoms with Crippen molar-refractivity contribution in [2.24, 2.45) is 5.84 Å². The number of carbonyl (C=O) groups excluding carboxylic acids is 1. The van der Waals surface area contributed by atoms with Gasteiger partial charge in [0.25, 0.3) is 0 Å². The van der Waals surface area contributed by atoms with Gasteiger partial charge >= 0.3 is 0 Å². The van der Waals surface area contributed by atoms with Crippen LogP contribution in [0.4, 0.5) is 11.6 Å². The summed E-state index contributed by atoms with van der Waals surface area (Å²) < 4.78 is 0. The number of hydrazine groups is 1. The third-order valence-electron chi connectivity index (χ3n) is 2.92. The maximum absolute atomic E-state index is 11.8. The predicted molar refractivity (Wildman–Crippen MR) is 75.8 cm³/mol. The highest BCUT2D eigenvalue weighted by atomic mass is 16.2. The van der Waals surface area contributed by atoms with Crippen LogP contribution in [0.15, 0.2) is 6.33 Å². The fourth-order valence-electron chi connectivity index (χ4n) is 1.77. The molecule has 1 heterocycles.